The molecule has 3 rings (SSSR count). The van der Waals surface area contributed by atoms with Gasteiger partial charge < -0.3 is 20.8 Å². The van der Waals surface area contributed by atoms with Gasteiger partial charge in [0, 0.05) is 16.6 Å². The van der Waals surface area contributed by atoms with Gasteiger partial charge in [0.15, 0.2) is 5.76 Å². The van der Waals surface area contributed by atoms with E-state index in [1.165, 1.54) is 19.5 Å². The van der Waals surface area contributed by atoms with Crippen LogP contribution in [0, 0.1) is 0 Å². The molecule has 0 aliphatic carbocycles. The van der Waals surface area contributed by atoms with E-state index in [4.69, 9.17) is 33.7 Å². The summed E-state index contributed by atoms with van der Waals surface area (Å²) in [7, 11) is 1.41. The molecule has 0 atom stereocenters. The molecule has 2 aromatic heterocycles. The summed E-state index contributed by atoms with van der Waals surface area (Å²) < 4.78 is 5.12. The molecule has 0 saturated heterocycles. The van der Waals surface area contributed by atoms with Crippen molar-refractivity contribution in [2.45, 2.75) is 0 Å². The normalized spacial score (nSPS) is 11.9. The van der Waals surface area contributed by atoms with Crippen LogP contribution in [0.1, 0.15) is 5.69 Å². The third-order valence-corrected chi connectivity index (χ3v) is 4.30. The molecule has 0 bridgehead atoms. The summed E-state index contributed by atoms with van der Waals surface area (Å²) >= 11 is 12.0. The SMILES string of the molecule is CO/C(=C\C=C\c1cc2cc(Cl)c(Cl)cc2[nH]1)C(=O)Nc1cnc(N)nc1. The molecule has 1 amide bonds. The number of methoxy groups -OCH3 is 1. The van der Waals surface area contributed by atoms with Gasteiger partial charge in [0.25, 0.3) is 5.91 Å². The number of anilines is 2. The molecule has 2 heterocycles. The van der Waals surface area contributed by atoms with Crippen LogP contribution in [-0.2, 0) is 9.53 Å². The largest absolute Gasteiger partial charge is 0.491 e. The van der Waals surface area contributed by atoms with Crippen LogP contribution in [0.5, 0.6) is 0 Å². The standard InChI is InChI=1S/C18H15Cl2N5O2/c1-27-16(17(26)25-12-8-22-18(21)23-9-12)4-2-3-11-5-10-6-13(19)14(20)7-15(10)24-11/h2-9,24H,1H3,(H,25,26)(H2,21,22,23)/b3-2+,16-4-. The minimum atomic E-state index is -0.439. The van der Waals surface area contributed by atoms with E-state index in [2.05, 4.69) is 20.3 Å². The van der Waals surface area contributed by atoms with E-state index in [1.54, 1.807) is 30.4 Å². The van der Waals surface area contributed by atoms with Crippen molar-refractivity contribution in [3.05, 3.63) is 64.2 Å². The predicted octanol–water partition coefficient (Wildman–Crippen LogP) is 4.03. The quantitative estimate of drug-likeness (QED) is 0.338. The number of carbonyl (C=O) groups is 1. The number of nitrogens with two attached hydrogens (primary N) is 1. The number of fused-ring (bicyclic) bond motifs is 1. The van der Waals surface area contributed by atoms with Crippen molar-refractivity contribution in [3.63, 3.8) is 0 Å². The molecule has 138 valence electrons. The highest BCUT2D eigenvalue weighted by atomic mass is 35.5. The number of H-pyrrole nitrogens is 1. The number of nitrogens with zero attached hydrogens (tertiary/aromatic N) is 2. The first-order valence-corrected chi connectivity index (χ1v) is 8.51. The molecule has 7 nitrogen and oxygen atoms in total. The first kappa shape index (κ1) is 18.8. The van der Waals surface area contributed by atoms with Gasteiger partial charge in [-0.15, -0.1) is 0 Å². The molecule has 0 radical (unpaired) electrons. The summed E-state index contributed by atoms with van der Waals surface area (Å²) in [5.41, 5.74) is 7.50. The first-order chi connectivity index (χ1) is 13.0. The zero-order chi connectivity index (χ0) is 19.4. The van der Waals surface area contributed by atoms with Crippen LogP contribution in [0.15, 0.2) is 48.5 Å². The molecule has 9 heteroatoms. The fourth-order valence-corrected chi connectivity index (χ4v) is 2.65. The van der Waals surface area contributed by atoms with Gasteiger partial charge >= 0.3 is 0 Å². The molecule has 0 fully saturated rings. The number of hydrogen-bond acceptors (Lipinski definition) is 5. The van der Waals surface area contributed by atoms with Crippen LogP contribution in [0.3, 0.4) is 0 Å². The maximum atomic E-state index is 12.2. The van der Waals surface area contributed by atoms with E-state index in [-0.39, 0.29) is 11.7 Å². The molecule has 0 unspecified atom stereocenters. The number of hydrogen-bond donors (Lipinski definition) is 3. The highest BCUT2D eigenvalue weighted by Crippen LogP contribution is 2.28. The summed E-state index contributed by atoms with van der Waals surface area (Å²) in [5, 5.41) is 4.52. The Balaban J connectivity index is 1.73. The second kappa shape index (κ2) is 8.11. The third kappa shape index (κ3) is 4.58. The number of amides is 1. The topological polar surface area (TPSA) is 106 Å². The molecular formula is C18H15Cl2N5O2. The lowest BCUT2D eigenvalue weighted by molar-refractivity contribution is -0.115. The van der Waals surface area contributed by atoms with Gasteiger partial charge in [0.2, 0.25) is 5.95 Å². The second-order valence-electron chi connectivity index (χ2n) is 5.46. The maximum Gasteiger partial charge on any atom is 0.290 e. The summed E-state index contributed by atoms with van der Waals surface area (Å²) in [6.07, 6.45) is 7.83. The van der Waals surface area contributed by atoms with E-state index in [9.17, 15) is 4.79 Å². The Kier molecular flexibility index (Phi) is 5.63. The number of aromatic nitrogens is 3. The van der Waals surface area contributed by atoms with Crippen molar-refractivity contribution in [2.24, 2.45) is 0 Å². The smallest absolute Gasteiger partial charge is 0.290 e. The Labute approximate surface area is 164 Å². The van der Waals surface area contributed by atoms with Crippen LogP contribution < -0.4 is 11.1 Å². The molecule has 27 heavy (non-hydrogen) atoms. The van der Waals surface area contributed by atoms with Gasteiger partial charge in [0.1, 0.15) is 0 Å². The van der Waals surface area contributed by atoms with Crippen LogP contribution in [0.2, 0.25) is 10.0 Å². The number of carbonyl (C=O) groups excluding carboxylic acids is 1. The molecule has 4 N–H and O–H groups in total. The first-order valence-electron chi connectivity index (χ1n) is 7.75. The zero-order valence-corrected chi connectivity index (χ0v) is 15.7. The minimum Gasteiger partial charge on any atom is -0.491 e. The number of rotatable bonds is 5. The van der Waals surface area contributed by atoms with Crippen molar-refractivity contribution in [2.75, 3.05) is 18.2 Å². The maximum absolute atomic E-state index is 12.2. The van der Waals surface area contributed by atoms with Crippen LogP contribution in [0.4, 0.5) is 11.6 Å². The van der Waals surface area contributed by atoms with Crippen LogP contribution in [0.25, 0.3) is 17.0 Å². The summed E-state index contributed by atoms with van der Waals surface area (Å²) in [6, 6.07) is 5.46. The number of nitrogens with one attached hydrogen (secondary N) is 2. The van der Waals surface area contributed by atoms with Crippen molar-refractivity contribution in [1.29, 1.82) is 0 Å². The third-order valence-electron chi connectivity index (χ3n) is 3.58. The number of allylic oxidation sites excluding steroid dienone is 2. The average molecular weight is 404 g/mol. The highest BCUT2D eigenvalue weighted by molar-refractivity contribution is 6.42. The average Bonchev–Trinajstić information content (AvgIpc) is 3.02. The van der Waals surface area contributed by atoms with Crippen molar-refractivity contribution in [3.8, 4) is 0 Å². The van der Waals surface area contributed by atoms with Crippen molar-refractivity contribution >= 4 is 57.7 Å². The lowest BCUT2D eigenvalue weighted by atomic mass is 10.2. The Morgan fingerprint density at radius 3 is 2.63 bits per heavy atom. The lowest BCUT2D eigenvalue weighted by Crippen LogP contribution is -2.16. The van der Waals surface area contributed by atoms with Crippen LogP contribution >= 0.6 is 23.2 Å². The van der Waals surface area contributed by atoms with Gasteiger partial charge in [-0.3, -0.25) is 4.79 Å². The van der Waals surface area contributed by atoms with Crippen molar-refractivity contribution in [1.82, 2.24) is 15.0 Å². The monoisotopic (exact) mass is 403 g/mol. The summed E-state index contributed by atoms with van der Waals surface area (Å²) in [5.74, 6) is -0.199. The Bertz CT molecular complexity index is 1000. The van der Waals surface area contributed by atoms with Gasteiger partial charge in [-0.05, 0) is 30.4 Å². The number of aromatic amines is 1. The molecule has 0 saturated carbocycles. The van der Waals surface area contributed by atoms with E-state index < -0.39 is 5.91 Å². The second-order valence-corrected chi connectivity index (χ2v) is 6.27. The summed E-state index contributed by atoms with van der Waals surface area (Å²) in [6.45, 7) is 0. The Morgan fingerprint density at radius 2 is 1.93 bits per heavy atom. The van der Waals surface area contributed by atoms with Crippen molar-refractivity contribution < 1.29 is 9.53 Å². The van der Waals surface area contributed by atoms with E-state index in [0.717, 1.165) is 16.6 Å². The summed E-state index contributed by atoms with van der Waals surface area (Å²) in [4.78, 5) is 23.0. The number of nitrogen functional groups attached to an aromatic ring is 1. The fraction of sp³-hybridized carbons (Fsp3) is 0.0556. The van der Waals surface area contributed by atoms with Gasteiger partial charge in [-0.1, -0.05) is 29.3 Å². The number of benzene rings is 1. The number of ether oxygens (including phenoxy) is 1. The molecule has 3 aromatic rings. The predicted molar refractivity (Wildman–Crippen MR) is 108 cm³/mol. The molecule has 0 aliphatic heterocycles. The molecule has 0 aliphatic rings. The number of halogens is 2. The van der Waals surface area contributed by atoms with Gasteiger partial charge in [0.05, 0.1) is 35.2 Å². The van der Waals surface area contributed by atoms with E-state index in [0.29, 0.717) is 15.7 Å². The molecular weight excluding hydrogens is 389 g/mol. The molecule has 1 aromatic carbocycles. The lowest BCUT2D eigenvalue weighted by Gasteiger charge is -2.06. The van der Waals surface area contributed by atoms with Gasteiger partial charge in [-0.25, -0.2) is 9.97 Å². The zero-order valence-electron chi connectivity index (χ0n) is 14.2. The van der Waals surface area contributed by atoms with E-state index >= 15 is 0 Å². The Morgan fingerprint density at radius 1 is 1.22 bits per heavy atom. The van der Waals surface area contributed by atoms with E-state index in [1.807, 2.05) is 6.07 Å². The van der Waals surface area contributed by atoms with Crippen LogP contribution in [-0.4, -0.2) is 28.0 Å². The Hall–Kier alpha value is -3.03. The molecule has 0 spiro atoms. The fourth-order valence-electron chi connectivity index (χ4n) is 2.31. The van der Waals surface area contributed by atoms with Gasteiger partial charge in [-0.2, -0.15) is 0 Å². The highest BCUT2D eigenvalue weighted by Gasteiger charge is 2.09. The minimum absolute atomic E-state index is 0.116.